The molecular weight excluding hydrogens is 368 g/mol. The maximum absolute atomic E-state index is 10.1. The maximum Gasteiger partial charge on any atom is 0.231 e. The molecule has 28 heavy (non-hydrogen) atoms. The Kier molecular flexibility index (Phi) is 3.82. The smallest absolute Gasteiger partial charge is 0.231 e. The highest BCUT2D eigenvalue weighted by molar-refractivity contribution is 6.00. The number of hydrogen-bond acceptors (Lipinski definition) is 8. The van der Waals surface area contributed by atoms with Crippen LogP contribution in [0.5, 0.6) is 46.0 Å². The minimum atomic E-state index is -0.560. The Morgan fingerprint density at radius 2 is 1.21 bits per heavy atom. The lowest BCUT2D eigenvalue weighted by atomic mass is 10.1. The highest BCUT2D eigenvalue weighted by atomic mass is 17.2. The van der Waals surface area contributed by atoms with Crippen molar-refractivity contribution in [2.75, 3.05) is 0 Å². The van der Waals surface area contributed by atoms with Gasteiger partial charge in [0.2, 0.25) is 5.75 Å². The molecule has 0 unspecified atom stereocenters. The number of aromatic hydroxyl groups is 6. The number of benzene rings is 4. The fourth-order valence-corrected chi connectivity index (χ4v) is 3.00. The van der Waals surface area contributed by atoms with Crippen molar-refractivity contribution in [3.05, 3.63) is 48.5 Å². The molecule has 8 nitrogen and oxygen atoms in total. The lowest BCUT2D eigenvalue weighted by molar-refractivity contribution is -0.0987. The summed E-state index contributed by atoms with van der Waals surface area (Å²) < 4.78 is 0. The molecule has 0 aromatic heterocycles. The zero-order valence-electron chi connectivity index (χ0n) is 14.1. The van der Waals surface area contributed by atoms with Crippen molar-refractivity contribution in [1.82, 2.24) is 0 Å². The topological polar surface area (TPSA) is 140 Å². The zero-order chi connectivity index (χ0) is 20.0. The largest absolute Gasteiger partial charge is 0.507 e. The van der Waals surface area contributed by atoms with Gasteiger partial charge in [0.1, 0.15) is 17.2 Å². The Morgan fingerprint density at radius 1 is 0.536 bits per heavy atom. The molecule has 0 amide bonds. The van der Waals surface area contributed by atoms with Crippen LogP contribution in [-0.2, 0) is 0 Å². The molecule has 0 saturated carbocycles. The summed E-state index contributed by atoms with van der Waals surface area (Å²) in [6.45, 7) is 0. The van der Waals surface area contributed by atoms with Gasteiger partial charge < -0.3 is 30.6 Å². The van der Waals surface area contributed by atoms with Crippen molar-refractivity contribution < 1.29 is 40.4 Å². The first-order valence-electron chi connectivity index (χ1n) is 8.06. The first-order valence-corrected chi connectivity index (χ1v) is 8.06. The van der Waals surface area contributed by atoms with Crippen molar-refractivity contribution >= 4 is 21.5 Å². The third kappa shape index (κ3) is 2.55. The van der Waals surface area contributed by atoms with Gasteiger partial charge in [-0.1, -0.05) is 12.1 Å². The molecule has 0 fully saturated rings. The molecule has 0 aliphatic heterocycles. The van der Waals surface area contributed by atoms with E-state index in [1.165, 1.54) is 42.5 Å². The van der Waals surface area contributed by atoms with Gasteiger partial charge in [0, 0.05) is 16.8 Å². The van der Waals surface area contributed by atoms with E-state index in [0.29, 0.717) is 0 Å². The first-order chi connectivity index (χ1) is 13.4. The standard InChI is InChI=1S/C20H14O8/c21-11-6-7-13(23)18-9(11)4-5-14(24)20(18)28-27-16-8-15(25)19(26)17-10(16)2-1-3-12(17)22/h1-8,21-26H. The average Bonchev–Trinajstić information content (AvgIpc) is 2.67. The number of fused-ring (bicyclic) bond motifs is 2. The molecule has 0 atom stereocenters. The van der Waals surface area contributed by atoms with E-state index in [4.69, 9.17) is 9.78 Å². The third-order valence-electron chi connectivity index (χ3n) is 4.34. The SMILES string of the molecule is Oc1cc(OOc2c(O)ccc3c(O)ccc(O)c23)c2cccc(O)c2c1O. The van der Waals surface area contributed by atoms with Gasteiger partial charge in [-0.15, -0.1) is 0 Å². The molecule has 0 radical (unpaired) electrons. The number of rotatable bonds is 3. The quantitative estimate of drug-likeness (QED) is 0.137. The summed E-state index contributed by atoms with van der Waals surface area (Å²) in [5.74, 6) is -2.50. The van der Waals surface area contributed by atoms with Crippen LogP contribution >= 0.6 is 0 Å². The second kappa shape index (κ2) is 6.20. The van der Waals surface area contributed by atoms with E-state index < -0.39 is 11.5 Å². The van der Waals surface area contributed by atoms with E-state index in [1.807, 2.05) is 0 Å². The fraction of sp³-hybridized carbons (Fsp3) is 0. The van der Waals surface area contributed by atoms with Crippen LogP contribution < -0.4 is 9.78 Å². The Balaban J connectivity index is 1.84. The zero-order valence-corrected chi connectivity index (χ0v) is 14.1. The number of phenolic OH excluding ortho intramolecular Hbond substituents is 6. The molecule has 0 spiro atoms. The van der Waals surface area contributed by atoms with Crippen molar-refractivity contribution in [3.63, 3.8) is 0 Å². The predicted octanol–water partition coefficient (Wildman–Crippen LogP) is 3.60. The molecule has 0 aliphatic carbocycles. The van der Waals surface area contributed by atoms with Crippen LogP contribution in [0, 0.1) is 0 Å². The summed E-state index contributed by atoms with van der Waals surface area (Å²) in [7, 11) is 0. The second-order valence-electron chi connectivity index (χ2n) is 6.05. The molecular formula is C20H14O8. The van der Waals surface area contributed by atoms with Crippen molar-refractivity contribution in [2.24, 2.45) is 0 Å². The number of hydrogen-bond donors (Lipinski definition) is 6. The van der Waals surface area contributed by atoms with Gasteiger partial charge >= 0.3 is 0 Å². The molecule has 4 aromatic carbocycles. The van der Waals surface area contributed by atoms with Crippen molar-refractivity contribution in [1.29, 1.82) is 0 Å². The first kappa shape index (κ1) is 17.2. The Bertz CT molecular complexity index is 1230. The monoisotopic (exact) mass is 382 g/mol. The molecule has 4 aromatic rings. The van der Waals surface area contributed by atoms with E-state index in [1.54, 1.807) is 0 Å². The third-order valence-corrected chi connectivity index (χ3v) is 4.34. The van der Waals surface area contributed by atoms with Gasteiger partial charge in [-0.05, 0) is 30.3 Å². The van der Waals surface area contributed by atoms with E-state index in [-0.39, 0.29) is 56.0 Å². The molecule has 6 N–H and O–H groups in total. The van der Waals surface area contributed by atoms with Gasteiger partial charge in [0.25, 0.3) is 0 Å². The Morgan fingerprint density at radius 3 is 2.00 bits per heavy atom. The molecule has 0 heterocycles. The van der Waals surface area contributed by atoms with Gasteiger partial charge in [0.15, 0.2) is 23.0 Å². The van der Waals surface area contributed by atoms with Crippen LogP contribution in [0.25, 0.3) is 21.5 Å². The Hall–Kier alpha value is -4.20. The lowest BCUT2D eigenvalue weighted by Gasteiger charge is -2.14. The summed E-state index contributed by atoms with van der Waals surface area (Å²) in [5, 5.41) is 60.5. The summed E-state index contributed by atoms with van der Waals surface area (Å²) in [6, 6.07) is 10.6. The minimum absolute atomic E-state index is 0.00940. The van der Waals surface area contributed by atoms with Crippen LogP contribution in [0.2, 0.25) is 0 Å². The fourth-order valence-electron chi connectivity index (χ4n) is 3.00. The van der Waals surface area contributed by atoms with Crippen LogP contribution in [0.15, 0.2) is 48.5 Å². The second-order valence-corrected chi connectivity index (χ2v) is 6.05. The molecule has 0 aliphatic rings. The van der Waals surface area contributed by atoms with Crippen LogP contribution in [0.4, 0.5) is 0 Å². The van der Waals surface area contributed by atoms with Crippen LogP contribution in [0.3, 0.4) is 0 Å². The normalized spacial score (nSPS) is 11.0. The van der Waals surface area contributed by atoms with Crippen LogP contribution in [-0.4, -0.2) is 30.6 Å². The van der Waals surface area contributed by atoms with E-state index in [2.05, 4.69) is 0 Å². The van der Waals surface area contributed by atoms with E-state index in [0.717, 1.165) is 6.07 Å². The van der Waals surface area contributed by atoms with Crippen molar-refractivity contribution in [3.8, 4) is 46.0 Å². The van der Waals surface area contributed by atoms with E-state index in [9.17, 15) is 30.6 Å². The maximum atomic E-state index is 10.1. The summed E-state index contributed by atoms with van der Waals surface area (Å²) in [5.41, 5.74) is 0. The minimum Gasteiger partial charge on any atom is -0.507 e. The van der Waals surface area contributed by atoms with Gasteiger partial charge in [-0.3, -0.25) is 9.78 Å². The summed E-state index contributed by atoms with van der Waals surface area (Å²) >= 11 is 0. The van der Waals surface area contributed by atoms with E-state index >= 15 is 0 Å². The molecule has 142 valence electrons. The highest BCUT2D eigenvalue weighted by Crippen LogP contribution is 2.46. The lowest BCUT2D eigenvalue weighted by Crippen LogP contribution is -2.02. The van der Waals surface area contributed by atoms with Gasteiger partial charge in [-0.2, -0.15) is 0 Å². The predicted molar refractivity (Wildman–Crippen MR) is 99.1 cm³/mol. The summed E-state index contributed by atoms with van der Waals surface area (Å²) in [4.78, 5) is 10.5. The highest BCUT2D eigenvalue weighted by Gasteiger charge is 2.19. The average molecular weight is 382 g/mol. The Labute approximate surface area is 157 Å². The van der Waals surface area contributed by atoms with Gasteiger partial charge in [-0.25, -0.2) is 0 Å². The van der Waals surface area contributed by atoms with Crippen molar-refractivity contribution in [2.45, 2.75) is 0 Å². The molecule has 0 saturated heterocycles. The van der Waals surface area contributed by atoms with Gasteiger partial charge in [0.05, 0.1) is 10.8 Å². The van der Waals surface area contributed by atoms with Crippen LogP contribution in [0.1, 0.15) is 0 Å². The molecule has 0 bridgehead atoms. The summed E-state index contributed by atoms with van der Waals surface area (Å²) in [6.07, 6.45) is 0. The molecule has 8 heteroatoms. The number of phenols is 6. The molecule has 4 rings (SSSR count).